The molecule has 4 heterocycles. The number of hydroxylamine groups is 2. The molecule has 4 atom stereocenters. The lowest BCUT2D eigenvalue weighted by Crippen LogP contribution is -2.59. The lowest BCUT2D eigenvalue weighted by atomic mass is 9.91. The molecule has 0 aliphatic carbocycles. The van der Waals surface area contributed by atoms with E-state index in [0.717, 1.165) is 60.2 Å². The molecule has 0 saturated carbocycles. The van der Waals surface area contributed by atoms with Gasteiger partial charge in [-0.05, 0) is 140 Å². The third-order valence-corrected chi connectivity index (χ3v) is 10.7. The van der Waals surface area contributed by atoms with E-state index in [-0.39, 0.29) is 36.7 Å². The molecule has 4 saturated heterocycles. The Balaban J connectivity index is 0.000000214. The zero-order valence-electron chi connectivity index (χ0n) is 36.6. The van der Waals surface area contributed by atoms with Crippen LogP contribution in [0.4, 0.5) is 18.4 Å². The second-order valence-electron chi connectivity index (χ2n) is 17.1. The quantitative estimate of drug-likeness (QED) is 0.167. The second kappa shape index (κ2) is 23.1. The van der Waals surface area contributed by atoms with Crippen molar-refractivity contribution >= 4 is 39.8 Å². The van der Waals surface area contributed by atoms with Crippen molar-refractivity contribution in [1.82, 2.24) is 14.9 Å². The summed E-state index contributed by atoms with van der Waals surface area (Å²) in [6.45, 7) is 13.6. The molecule has 2 aromatic rings. The molecular formula is C44H62BrF2N3O11. The zero-order chi connectivity index (χ0) is 44.9. The number of likely N-dealkylation sites (tertiary alicyclic amines) is 2. The minimum Gasteiger partial charge on any atom is -0.444 e. The standard InChI is InChI=1S/C21H28FNO5.C12H14BrFO2.C11H20N2O4/c1-21(2,3)28-20(25)23-10-9-17(23)19(24)16-8-7-15(22)12-14(16)13-27-18-6-4-5-11-26-18;13-11-5-4-10(14)7-9(11)8-16-12-3-1-2-6-15-12;1-11(2,3)17-10(15)13-7-6-8(13)9(14)12(4)16-5/h7-8,12,17-18H,4-6,9-11,13H2,1-3H3;4-5,7,12H,1-3,6,8H2;8H,6-7H2,1-5H3/t17-,18?;;8-/m0.0/s1. The largest absolute Gasteiger partial charge is 0.444 e. The number of carbonyl (C=O) groups excluding carboxylic acids is 4. The molecule has 0 aromatic heterocycles. The Morgan fingerprint density at radius 2 is 1.20 bits per heavy atom. The number of amides is 3. The highest BCUT2D eigenvalue weighted by Crippen LogP contribution is 2.28. The number of hydrogen-bond acceptors (Lipinski definition) is 11. The van der Waals surface area contributed by atoms with Gasteiger partial charge in [0.05, 0.1) is 20.3 Å². The average Bonchev–Trinajstić information content (AvgIpc) is 3.16. The molecule has 4 fully saturated rings. The van der Waals surface area contributed by atoms with E-state index in [1.807, 2.05) is 0 Å². The van der Waals surface area contributed by atoms with E-state index in [0.29, 0.717) is 50.3 Å². The molecule has 0 N–H and O–H groups in total. The van der Waals surface area contributed by atoms with Crippen molar-refractivity contribution in [1.29, 1.82) is 0 Å². The monoisotopic (exact) mass is 925 g/mol. The molecule has 14 nitrogen and oxygen atoms in total. The van der Waals surface area contributed by atoms with Gasteiger partial charge in [0, 0.05) is 43.4 Å². The van der Waals surface area contributed by atoms with Crippen LogP contribution in [0.15, 0.2) is 40.9 Å². The summed E-state index contributed by atoms with van der Waals surface area (Å²) >= 11 is 3.37. The van der Waals surface area contributed by atoms with E-state index >= 15 is 0 Å². The maximum Gasteiger partial charge on any atom is 0.410 e. The normalized spacial score (nSPS) is 21.3. The number of nitrogens with zero attached hydrogens (tertiary/aromatic N) is 3. The number of halogens is 3. The van der Waals surface area contributed by atoms with Crippen LogP contribution in [0.5, 0.6) is 0 Å². The highest BCUT2D eigenvalue weighted by Gasteiger charge is 2.42. The van der Waals surface area contributed by atoms with Crippen molar-refractivity contribution < 1.29 is 61.2 Å². The molecule has 17 heteroatoms. The first kappa shape index (κ1) is 49.9. The van der Waals surface area contributed by atoms with Gasteiger partial charge < -0.3 is 28.4 Å². The van der Waals surface area contributed by atoms with E-state index in [9.17, 15) is 28.0 Å². The summed E-state index contributed by atoms with van der Waals surface area (Å²) in [6.07, 6.45) is 5.75. The molecule has 0 bridgehead atoms. The summed E-state index contributed by atoms with van der Waals surface area (Å²) in [5.41, 5.74) is 0.475. The smallest absolute Gasteiger partial charge is 0.410 e. The number of carbonyl (C=O) groups is 4. The lowest BCUT2D eigenvalue weighted by molar-refractivity contribution is -0.178. The van der Waals surface area contributed by atoms with Gasteiger partial charge >= 0.3 is 12.2 Å². The van der Waals surface area contributed by atoms with Crippen LogP contribution in [-0.4, -0.2) is 115 Å². The molecule has 2 aromatic carbocycles. The van der Waals surface area contributed by atoms with E-state index in [2.05, 4.69) is 15.9 Å². The van der Waals surface area contributed by atoms with Crippen LogP contribution >= 0.6 is 15.9 Å². The molecule has 0 spiro atoms. The van der Waals surface area contributed by atoms with E-state index in [1.165, 1.54) is 54.3 Å². The molecule has 0 radical (unpaired) electrons. The molecular weight excluding hydrogens is 864 g/mol. The van der Waals surface area contributed by atoms with Gasteiger partial charge in [-0.15, -0.1) is 0 Å². The van der Waals surface area contributed by atoms with Crippen LogP contribution in [0.25, 0.3) is 0 Å². The van der Waals surface area contributed by atoms with Crippen LogP contribution in [0, 0.1) is 11.6 Å². The van der Waals surface area contributed by atoms with Crippen molar-refractivity contribution in [2.75, 3.05) is 40.5 Å². The van der Waals surface area contributed by atoms with E-state index in [1.54, 1.807) is 47.6 Å². The Bertz CT molecular complexity index is 1780. The van der Waals surface area contributed by atoms with Gasteiger partial charge in [-0.1, -0.05) is 15.9 Å². The molecule has 4 aliphatic rings. The number of hydrogen-bond donors (Lipinski definition) is 0. The zero-order valence-corrected chi connectivity index (χ0v) is 38.2. The van der Waals surface area contributed by atoms with Crippen molar-refractivity contribution in [3.05, 3.63) is 69.2 Å². The molecule has 4 aliphatic heterocycles. The van der Waals surface area contributed by atoms with Crippen LogP contribution in [0.2, 0.25) is 0 Å². The Hall–Kier alpha value is -3.74. The molecule has 3 amide bonds. The van der Waals surface area contributed by atoms with Crippen LogP contribution < -0.4 is 0 Å². The van der Waals surface area contributed by atoms with Crippen molar-refractivity contribution in [2.45, 2.75) is 142 Å². The SMILES string of the molecule is CC(C)(C)OC(=O)N1CC[C@H]1C(=O)c1ccc(F)cc1COC1CCCCO1.CON(C)C(=O)[C@@H]1CCN1C(=O)OC(C)(C)C.Fc1ccc(Br)c(COC2CCCCO2)c1. The van der Waals surface area contributed by atoms with Gasteiger partial charge in [-0.2, -0.15) is 0 Å². The van der Waals surface area contributed by atoms with Gasteiger partial charge in [-0.3, -0.25) is 24.2 Å². The van der Waals surface area contributed by atoms with E-state index < -0.39 is 41.3 Å². The number of ether oxygens (including phenoxy) is 6. The average molecular weight is 927 g/mol. The lowest BCUT2D eigenvalue weighted by Gasteiger charge is -2.41. The van der Waals surface area contributed by atoms with Gasteiger partial charge in [0.25, 0.3) is 5.91 Å². The highest BCUT2D eigenvalue weighted by molar-refractivity contribution is 9.10. The van der Waals surface area contributed by atoms with Gasteiger partial charge in [0.1, 0.15) is 34.9 Å². The molecule has 340 valence electrons. The number of rotatable bonds is 10. The minimum atomic E-state index is -0.630. The van der Waals surface area contributed by atoms with Crippen LogP contribution in [0.1, 0.15) is 114 Å². The molecule has 2 unspecified atom stereocenters. The van der Waals surface area contributed by atoms with Gasteiger partial charge in [-0.25, -0.2) is 23.4 Å². The Labute approximate surface area is 366 Å². The first-order valence-corrected chi connectivity index (χ1v) is 21.6. The van der Waals surface area contributed by atoms with Gasteiger partial charge in [0.15, 0.2) is 18.4 Å². The minimum absolute atomic E-state index is 0.0860. The Morgan fingerprint density at radius 3 is 1.64 bits per heavy atom. The highest BCUT2D eigenvalue weighted by atomic mass is 79.9. The third kappa shape index (κ3) is 15.8. The van der Waals surface area contributed by atoms with Crippen molar-refractivity contribution in [2.24, 2.45) is 0 Å². The maximum absolute atomic E-state index is 13.8. The Kier molecular flexibility index (Phi) is 18.9. The predicted molar refractivity (Wildman–Crippen MR) is 224 cm³/mol. The predicted octanol–water partition coefficient (Wildman–Crippen LogP) is 8.71. The number of likely N-dealkylation sites (N-methyl/N-ethyl adjacent to an activating group) is 1. The van der Waals surface area contributed by atoms with Crippen LogP contribution in [-0.2, 0) is 51.3 Å². The third-order valence-electron chi connectivity index (χ3n) is 9.93. The van der Waals surface area contributed by atoms with Crippen molar-refractivity contribution in [3.8, 4) is 0 Å². The molecule has 61 heavy (non-hydrogen) atoms. The fourth-order valence-corrected chi connectivity index (χ4v) is 6.85. The Morgan fingerprint density at radius 1 is 0.721 bits per heavy atom. The number of ketones is 1. The topological polar surface area (TPSA) is 143 Å². The summed E-state index contributed by atoms with van der Waals surface area (Å²) in [7, 11) is 2.93. The summed E-state index contributed by atoms with van der Waals surface area (Å²) < 4.78 is 60.5. The summed E-state index contributed by atoms with van der Waals surface area (Å²) in [6, 6.07) is 7.56. The maximum atomic E-state index is 13.8. The van der Waals surface area contributed by atoms with Gasteiger partial charge in [0.2, 0.25) is 0 Å². The summed E-state index contributed by atoms with van der Waals surface area (Å²) in [5, 5.41) is 1.13. The second-order valence-corrected chi connectivity index (χ2v) is 17.9. The first-order chi connectivity index (χ1) is 28.8. The summed E-state index contributed by atoms with van der Waals surface area (Å²) in [5.74, 6) is -1.13. The van der Waals surface area contributed by atoms with E-state index in [4.69, 9.17) is 33.3 Å². The van der Waals surface area contributed by atoms with Crippen LogP contribution in [0.3, 0.4) is 0 Å². The van der Waals surface area contributed by atoms with Crippen molar-refractivity contribution in [3.63, 3.8) is 0 Å². The fraction of sp³-hybridized carbons (Fsp3) is 0.636. The summed E-state index contributed by atoms with van der Waals surface area (Å²) in [4.78, 5) is 56.5. The first-order valence-electron chi connectivity index (χ1n) is 20.8. The number of Topliss-reactive ketones (excluding diaryl/α,β-unsaturated/α-hetero) is 1. The fourth-order valence-electron chi connectivity index (χ4n) is 6.49. The number of benzene rings is 2. The molecule has 6 rings (SSSR count).